The number of rotatable bonds is 5. The molecule has 0 atom stereocenters. The molecule has 1 aromatic rings. The van der Waals surface area contributed by atoms with Crippen LogP contribution in [0, 0.1) is 16.7 Å². The normalized spacial score (nSPS) is 11.3. The van der Waals surface area contributed by atoms with E-state index in [4.69, 9.17) is 5.26 Å². The van der Waals surface area contributed by atoms with Gasteiger partial charge in [-0.15, -0.1) is 10.2 Å². The van der Waals surface area contributed by atoms with E-state index in [-0.39, 0.29) is 5.41 Å². The molecule has 1 heterocycles. The molecule has 0 amide bonds. The largest absolute Gasteiger partial charge is 0.198 e. The van der Waals surface area contributed by atoms with E-state index in [1.54, 1.807) is 34.9 Å². The van der Waals surface area contributed by atoms with Crippen LogP contribution in [0.5, 0.6) is 0 Å². The van der Waals surface area contributed by atoms with E-state index in [1.807, 2.05) is 20.1 Å². The predicted molar refractivity (Wildman–Crippen MR) is 66.4 cm³/mol. The van der Waals surface area contributed by atoms with Gasteiger partial charge in [0.25, 0.3) is 0 Å². The summed E-state index contributed by atoms with van der Waals surface area (Å²) < 4.78 is 1.99. The Morgan fingerprint density at radius 1 is 1.40 bits per heavy atom. The molecule has 0 aliphatic rings. The first-order valence-electron chi connectivity index (χ1n) is 4.49. The lowest BCUT2D eigenvalue weighted by Gasteiger charge is -2.12. The summed E-state index contributed by atoms with van der Waals surface area (Å²) in [5.41, 5.74) is -0.236. The highest BCUT2D eigenvalue weighted by atomic mass is 32.2. The molecule has 3 nitrogen and oxygen atoms in total. The summed E-state index contributed by atoms with van der Waals surface area (Å²) in [7, 11) is 0. The molecule has 0 aliphatic carbocycles. The van der Waals surface area contributed by atoms with E-state index in [0.717, 1.165) is 20.9 Å². The van der Waals surface area contributed by atoms with Crippen LogP contribution in [0.2, 0.25) is 0 Å². The summed E-state index contributed by atoms with van der Waals surface area (Å²) in [5.74, 6) is 0.920. The smallest absolute Gasteiger partial charge is 0.175 e. The number of nitrogens with zero attached hydrogens (tertiary/aromatic N) is 3. The van der Waals surface area contributed by atoms with Gasteiger partial charge in [-0.1, -0.05) is 34.9 Å². The zero-order valence-electron chi connectivity index (χ0n) is 8.98. The van der Waals surface area contributed by atoms with Crippen LogP contribution >= 0.6 is 34.9 Å². The maximum absolute atomic E-state index is 8.85. The van der Waals surface area contributed by atoms with Gasteiger partial charge in [-0.05, 0) is 26.5 Å². The summed E-state index contributed by atoms with van der Waals surface area (Å²) in [6.07, 6.45) is 2.87. The van der Waals surface area contributed by atoms with Crippen molar-refractivity contribution in [2.24, 2.45) is 5.41 Å². The lowest BCUT2D eigenvalue weighted by atomic mass is 9.93. The number of hydrogen-bond donors (Lipinski definition) is 0. The Morgan fingerprint density at radius 2 is 2.07 bits per heavy atom. The fourth-order valence-electron chi connectivity index (χ4n) is 0.787. The van der Waals surface area contributed by atoms with E-state index < -0.39 is 0 Å². The van der Waals surface area contributed by atoms with Crippen LogP contribution in [0.1, 0.15) is 20.3 Å². The van der Waals surface area contributed by atoms with Crippen LogP contribution in [0.4, 0.5) is 0 Å². The molecule has 0 fully saturated rings. The van der Waals surface area contributed by atoms with Gasteiger partial charge in [0.05, 0.1) is 11.5 Å². The maximum atomic E-state index is 8.85. The van der Waals surface area contributed by atoms with Crippen LogP contribution in [-0.4, -0.2) is 22.2 Å². The Kier molecular flexibility index (Phi) is 4.90. The van der Waals surface area contributed by atoms with E-state index in [1.165, 1.54) is 0 Å². The van der Waals surface area contributed by atoms with Crippen LogP contribution in [0.3, 0.4) is 0 Å². The first-order valence-corrected chi connectivity index (χ1v) is 7.51. The Morgan fingerprint density at radius 3 is 2.60 bits per heavy atom. The minimum absolute atomic E-state index is 0.236. The number of aromatic nitrogens is 2. The van der Waals surface area contributed by atoms with Crippen molar-refractivity contribution < 1.29 is 0 Å². The van der Waals surface area contributed by atoms with Gasteiger partial charge in [0, 0.05) is 5.75 Å². The zero-order chi connectivity index (χ0) is 11.3. The number of hydrogen-bond acceptors (Lipinski definition) is 6. The van der Waals surface area contributed by atoms with Gasteiger partial charge in [0.1, 0.15) is 0 Å². The topological polar surface area (TPSA) is 49.6 Å². The van der Waals surface area contributed by atoms with Gasteiger partial charge in [0.2, 0.25) is 0 Å². The highest BCUT2D eigenvalue weighted by Gasteiger charge is 2.16. The predicted octanol–water partition coefficient (Wildman–Crippen LogP) is 3.29. The fourth-order valence-corrected chi connectivity index (χ4v) is 3.56. The second-order valence-electron chi connectivity index (χ2n) is 3.63. The van der Waals surface area contributed by atoms with Gasteiger partial charge in [-0.25, -0.2) is 0 Å². The fraction of sp³-hybridized carbons (Fsp3) is 0.667. The van der Waals surface area contributed by atoms with E-state index >= 15 is 0 Å². The highest BCUT2D eigenvalue weighted by molar-refractivity contribution is 8.02. The quantitative estimate of drug-likeness (QED) is 0.759. The molecule has 0 spiro atoms. The molecule has 6 heteroatoms. The van der Waals surface area contributed by atoms with Crippen molar-refractivity contribution in [2.75, 3.05) is 12.0 Å². The molecule has 1 rings (SSSR count). The molecule has 0 aliphatic heterocycles. The highest BCUT2D eigenvalue weighted by Crippen LogP contribution is 2.30. The monoisotopic (exact) mass is 259 g/mol. The standard InChI is InChI=1S/C9H13N3S3/c1-9(2,6-10)4-5-14-8-12-11-7(13-3)15-8/h4-5H2,1-3H3. The Hall–Kier alpha value is -0.250. The third-order valence-electron chi connectivity index (χ3n) is 1.82. The molecule has 0 aromatic carbocycles. The summed E-state index contributed by atoms with van der Waals surface area (Å²) in [6.45, 7) is 3.92. The number of thioether (sulfide) groups is 2. The van der Waals surface area contributed by atoms with Gasteiger partial charge in [-0.2, -0.15) is 5.26 Å². The lowest BCUT2D eigenvalue weighted by Crippen LogP contribution is -2.08. The summed E-state index contributed by atoms with van der Waals surface area (Å²) >= 11 is 4.90. The summed E-state index contributed by atoms with van der Waals surface area (Å²) in [5, 5.41) is 16.9. The van der Waals surface area contributed by atoms with Crippen LogP contribution < -0.4 is 0 Å². The van der Waals surface area contributed by atoms with Crippen LogP contribution in [0.15, 0.2) is 8.68 Å². The molecule has 0 saturated carbocycles. The van der Waals surface area contributed by atoms with Crippen LogP contribution in [0.25, 0.3) is 0 Å². The van der Waals surface area contributed by atoms with Gasteiger partial charge < -0.3 is 0 Å². The van der Waals surface area contributed by atoms with Crippen molar-refractivity contribution in [1.82, 2.24) is 10.2 Å². The minimum Gasteiger partial charge on any atom is -0.198 e. The van der Waals surface area contributed by atoms with Crippen molar-refractivity contribution in [3.8, 4) is 6.07 Å². The number of nitriles is 1. The third-order valence-corrected chi connectivity index (χ3v) is 4.85. The first-order chi connectivity index (χ1) is 7.07. The van der Waals surface area contributed by atoms with Crippen molar-refractivity contribution in [1.29, 1.82) is 5.26 Å². The SMILES string of the molecule is CSc1nnc(SCCC(C)(C)C#N)s1. The summed E-state index contributed by atoms with van der Waals surface area (Å²) in [4.78, 5) is 0. The van der Waals surface area contributed by atoms with Gasteiger partial charge in [-0.3, -0.25) is 0 Å². The molecular formula is C9H13N3S3. The van der Waals surface area contributed by atoms with Crippen molar-refractivity contribution in [3.63, 3.8) is 0 Å². The molecular weight excluding hydrogens is 246 g/mol. The van der Waals surface area contributed by atoms with E-state index in [0.29, 0.717) is 0 Å². The van der Waals surface area contributed by atoms with E-state index in [9.17, 15) is 0 Å². The summed E-state index contributed by atoms with van der Waals surface area (Å²) in [6, 6.07) is 2.29. The molecule has 0 unspecified atom stereocenters. The minimum atomic E-state index is -0.236. The van der Waals surface area contributed by atoms with E-state index in [2.05, 4.69) is 16.3 Å². The second kappa shape index (κ2) is 5.73. The Balaban J connectivity index is 2.35. The lowest BCUT2D eigenvalue weighted by molar-refractivity contribution is 0.482. The molecule has 82 valence electrons. The first kappa shape index (κ1) is 12.8. The Bertz CT molecular complexity index is 354. The van der Waals surface area contributed by atoms with Gasteiger partial charge >= 0.3 is 0 Å². The molecule has 0 saturated heterocycles. The Labute approximate surface area is 103 Å². The van der Waals surface area contributed by atoms with Crippen molar-refractivity contribution >= 4 is 34.9 Å². The third kappa shape index (κ3) is 4.41. The maximum Gasteiger partial charge on any atom is 0.175 e. The molecule has 0 N–H and O–H groups in total. The second-order valence-corrected chi connectivity index (χ2v) is 7.01. The molecule has 15 heavy (non-hydrogen) atoms. The van der Waals surface area contributed by atoms with Crippen LogP contribution in [-0.2, 0) is 0 Å². The zero-order valence-corrected chi connectivity index (χ0v) is 11.4. The average molecular weight is 259 g/mol. The molecule has 0 bridgehead atoms. The molecule has 0 radical (unpaired) electrons. The van der Waals surface area contributed by atoms with Gasteiger partial charge in [0.15, 0.2) is 8.68 Å². The molecule has 1 aromatic heterocycles. The van der Waals surface area contributed by atoms with Crippen molar-refractivity contribution in [2.45, 2.75) is 28.9 Å². The van der Waals surface area contributed by atoms with Crippen molar-refractivity contribution in [3.05, 3.63) is 0 Å². The average Bonchev–Trinajstić information content (AvgIpc) is 2.66.